The van der Waals surface area contributed by atoms with Crippen LogP contribution in [0.15, 0.2) is 30.3 Å². The average Bonchev–Trinajstić information content (AvgIpc) is 3.12. The maximum absolute atomic E-state index is 13.1. The third-order valence-electron chi connectivity index (χ3n) is 6.34. The number of amides is 2. The second kappa shape index (κ2) is 9.75. The van der Waals surface area contributed by atoms with E-state index in [-0.39, 0.29) is 11.8 Å². The zero-order valence-corrected chi connectivity index (χ0v) is 18.6. The first-order chi connectivity index (χ1) is 14.6. The van der Waals surface area contributed by atoms with Gasteiger partial charge in [0, 0.05) is 11.4 Å². The Morgan fingerprint density at radius 1 is 1.10 bits per heavy atom. The van der Waals surface area contributed by atoms with Crippen molar-refractivity contribution in [2.45, 2.75) is 52.0 Å². The lowest BCUT2D eigenvalue weighted by atomic mass is 9.95. The molecular weight excluding hydrogens is 394 g/mol. The molecule has 2 aliphatic rings. The zero-order valence-electron chi connectivity index (χ0n) is 17.8. The number of carbonyl (C=O) groups excluding carboxylic acids is 2. The molecule has 0 atom stereocenters. The van der Waals surface area contributed by atoms with Crippen LogP contribution in [0, 0.1) is 5.92 Å². The van der Waals surface area contributed by atoms with Crippen LogP contribution in [-0.4, -0.2) is 31.4 Å². The summed E-state index contributed by atoms with van der Waals surface area (Å²) in [4.78, 5) is 28.5. The Hall–Kier alpha value is -2.18. The number of thiophene rings is 1. The van der Waals surface area contributed by atoms with Crippen LogP contribution >= 0.6 is 11.3 Å². The Morgan fingerprint density at radius 3 is 2.60 bits per heavy atom. The van der Waals surface area contributed by atoms with E-state index in [4.69, 9.17) is 0 Å². The number of quaternary nitrogens is 1. The van der Waals surface area contributed by atoms with Gasteiger partial charge in [0.2, 0.25) is 0 Å². The second-order valence-corrected chi connectivity index (χ2v) is 9.85. The van der Waals surface area contributed by atoms with E-state index in [0.29, 0.717) is 18.7 Å². The molecule has 1 aliphatic carbocycles. The van der Waals surface area contributed by atoms with Gasteiger partial charge in [0.25, 0.3) is 11.8 Å². The molecule has 0 saturated carbocycles. The largest absolute Gasteiger partial charge is 0.348 e. The number of nitrogens with one attached hydrogen (secondary N) is 3. The Labute approximate surface area is 182 Å². The van der Waals surface area contributed by atoms with Crippen molar-refractivity contribution in [3.8, 4) is 0 Å². The second-order valence-electron chi connectivity index (χ2n) is 8.74. The van der Waals surface area contributed by atoms with Crippen LogP contribution < -0.4 is 15.5 Å². The fourth-order valence-electron chi connectivity index (χ4n) is 4.51. The number of hydrogen-bond acceptors (Lipinski definition) is 3. The average molecular weight is 427 g/mol. The van der Waals surface area contributed by atoms with Gasteiger partial charge in [-0.3, -0.25) is 9.59 Å². The summed E-state index contributed by atoms with van der Waals surface area (Å²) in [6.07, 6.45) is 6.55. The highest BCUT2D eigenvalue weighted by Gasteiger charge is 2.27. The molecule has 3 N–H and O–H groups in total. The van der Waals surface area contributed by atoms with Crippen LogP contribution in [0.2, 0.25) is 0 Å². The normalized spacial score (nSPS) is 21.0. The standard InChI is InChI=1S/C24H31N3O2S/c1-17-11-13-27(14-12-17)16-21(28)26-24-22(19-9-5-6-10-20(19)30-24)23(29)25-15-18-7-3-2-4-8-18/h2-4,7-8,17H,5-6,9-16H2,1H3,(H,25,29)(H,26,28)/p+1. The van der Waals surface area contributed by atoms with E-state index in [1.54, 1.807) is 11.3 Å². The maximum Gasteiger partial charge on any atom is 0.280 e. The first kappa shape index (κ1) is 21.1. The van der Waals surface area contributed by atoms with Crippen molar-refractivity contribution in [1.29, 1.82) is 0 Å². The molecule has 1 saturated heterocycles. The van der Waals surface area contributed by atoms with Crippen LogP contribution in [0.5, 0.6) is 0 Å². The molecule has 160 valence electrons. The number of piperidine rings is 1. The Bertz CT molecular complexity index is 885. The first-order valence-corrected chi connectivity index (χ1v) is 12.0. The van der Waals surface area contributed by atoms with Crippen LogP contribution in [0.4, 0.5) is 5.00 Å². The Morgan fingerprint density at radius 2 is 1.83 bits per heavy atom. The minimum Gasteiger partial charge on any atom is -0.348 e. The van der Waals surface area contributed by atoms with E-state index in [0.717, 1.165) is 60.8 Å². The molecule has 0 radical (unpaired) electrons. The van der Waals surface area contributed by atoms with Gasteiger partial charge in [0.15, 0.2) is 6.54 Å². The number of anilines is 1. The molecule has 2 heterocycles. The molecule has 30 heavy (non-hydrogen) atoms. The van der Waals surface area contributed by atoms with Crippen molar-refractivity contribution in [2.75, 3.05) is 25.0 Å². The fraction of sp³-hybridized carbons (Fsp3) is 0.500. The molecule has 0 bridgehead atoms. The van der Waals surface area contributed by atoms with Crippen molar-refractivity contribution in [1.82, 2.24) is 5.32 Å². The smallest absolute Gasteiger partial charge is 0.280 e. The fourth-order valence-corrected chi connectivity index (χ4v) is 5.81. The molecule has 4 rings (SSSR count). The van der Waals surface area contributed by atoms with Crippen molar-refractivity contribution >= 4 is 28.2 Å². The Balaban J connectivity index is 1.46. The van der Waals surface area contributed by atoms with Gasteiger partial charge in [-0.25, -0.2) is 0 Å². The highest BCUT2D eigenvalue weighted by molar-refractivity contribution is 7.17. The van der Waals surface area contributed by atoms with Crippen molar-refractivity contribution in [3.05, 3.63) is 51.9 Å². The molecule has 0 spiro atoms. The first-order valence-electron chi connectivity index (χ1n) is 11.2. The van der Waals surface area contributed by atoms with Gasteiger partial charge >= 0.3 is 0 Å². The summed E-state index contributed by atoms with van der Waals surface area (Å²) in [7, 11) is 0. The lowest BCUT2D eigenvalue weighted by Crippen LogP contribution is -3.14. The number of benzene rings is 1. The van der Waals surface area contributed by atoms with E-state index in [1.807, 2.05) is 30.3 Å². The molecule has 2 amide bonds. The molecule has 1 fully saturated rings. The number of hydrogen-bond donors (Lipinski definition) is 3. The van der Waals surface area contributed by atoms with Crippen LogP contribution in [0.3, 0.4) is 0 Å². The highest BCUT2D eigenvalue weighted by Crippen LogP contribution is 2.38. The van der Waals surface area contributed by atoms with E-state index in [2.05, 4.69) is 17.6 Å². The van der Waals surface area contributed by atoms with Gasteiger partial charge in [-0.05, 0) is 55.6 Å². The summed E-state index contributed by atoms with van der Waals surface area (Å²) in [5, 5.41) is 6.90. The van der Waals surface area contributed by atoms with E-state index in [9.17, 15) is 9.59 Å². The summed E-state index contributed by atoms with van der Waals surface area (Å²) in [5.41, 5.74) is 2.91. The molecule has 1 aromatic carbocycles. The zero-order chi connectivity index (χ0) is 20.9. The molecule has 2 aromatic rings. The van der Waals surface area contributed by atoms with Gasteiger partial charge in [-0.2, -0.15) is 0 Å². The van der Waals surface area contributed by atoms with Crippen LogP contribution in [0.1, 0.15) is 59.0 Å². The van der Waals surface area contributed by atoms with Gasteiger partial charge in [0.05, 0.1) is 18.7 Å². The molecule has 6 heteroatoms. The quantitative estimate of drug-likeness (QED) is 0.665. The minimum absolute atomic E-state index is 0.0234. The summed E-state index contributed by atoms with van der Waals surface area (Å²) in [5.74, 6) is 0.712. The van der Waals surface area contributed by atoms with Gasteiger partial charge in [0.1, 0.15) is 5.00 Å². The molecule has 1 aromatic heterocycles. The van der Waals surface area contributed by atoms with Gasteiger partial charge < -0.3 is 15.5 Å². The van der Waals surface area contributed by atoms with E-state index in [1.165, 1.54) is 22.6 Å². The third-order valence-corrected chi connectivity index (χ3v) is 7.55. The SMILES string of the molecule is CC1CC[NH+](CC(=O)Nc2sc3c(c2C(=O)NCc2ccccc2)CCCC3)CC1. The number of fused-ring (bicyclic) bond motifs is 1. The molecular formula is C24H32N3O2S+. The summed E-state index contributed by atoms with van der Waals surface area (Å²) < 4.78 is 0. The summed E-state index contributed by atoms with van der Waals surface area (Å²) in [6.45, 7) is 5.38. The summed E-state index contributed by atoms with van der Waals surface area (Å²) in [6, 6.07) is 9.94. The maximum atomic E-state index is 13.1. The van der Waals surface area contributed by atoms with E-state index >= 15 is 0 Å². The van der Waals surface area contributed by atoms with Crippen molar-refractivity contribution in [2.24, 2.45) is 5.92 Å². The third kappa shape index (κ3) is 5.10. The van der Waals surface area contributed by atoms with E-state index < -0.39 is 0 Å². The number of aryl methyl sites for hydroxylation is 1. The molecule has 1 aliphatic heterocycles. The van der Waals surface area contributed by atoms with Crippen molar-refractivity contribution < 1.29 is 14.5 Å². The number of carbonyl (C=O) groups is 2. The molecule has 5 nitrogen and oxygen atoms in total. The van der Waals surface area contributed by atoms with Gasteiger partial charge in [-0.1, -0.05) is 37.3 Å². The van der Waals surface area contributed by atoms with Crippen LogP contribution in [0.25, 0.3) is 0 Å². The van der Waals surface area contributed by atoms with Gasteiger partial charge in [-0.15, -0.1) is 11.3 Å². The Kier molecular flexibility index (Phi) is 6.85. The lowest BCUT2D eigenvalue weighted by Gasteiger charge is -2.26. The monoisotopic (exact) mass is 426 g/mol. The minimum atomic E-state index is -0.0762. The topological polar surface area (TPSA) is 62.6 Å². The lowest BCUT2D eigenvalue weighted by molar-refractivity contribution is -0.897. The highest BCUT2D eigenvalue weighted by atomic mass is 32.1. The summed E-state index contributed by atoms with van der Waals surface area (Å²) >= 11 is 1.60. The predicted octanol–water partition coefficient (Wildman–Crippen LogP) is 2.81. The van der Waals surface area contributed by atoms with Crippen LogP contribution in [-0.2, 0) is 24.2 Å². The predicted molar refractivity (Wildman–Crippen MR) is 121 cm³/mol. The number of likely N-dealkylation sites (tertiary alicyclic amines) is 1. The van der Waals surface area contributed by atoms with Crippen molar-refractivity contribution in [3.63, 3.8) is 0 Å². The number of rotatable bonds is 6. The molecule has 0 unspecified atom stereocenters.